The third-order valence-corrected chi connectivity index (χ3v) is 7.96. The highest BCUT2D eigenvalue weighted by Crippen LogP contribution is 2.51. The van der Waals surface area contributed by atoms with Crippen LogP contribution in [0, 0.1) is 11.8 Å². The second kappa shape index (κ2) is 8.33. The SMILES string of the molecule is C[C@@H](O)[C@H]1C(=O)N2C(C(=O)O)=C(S[C@@H]3CN[C@@H](CCn4ccnc4CO)C3)[C@H](C)[C@H]12. The number of rotatable bonds is 8. The van der Waals surface area contributed by atoms with Gasteiger partial charge in [-0.25, -0.2) is 9.78 Å². The van der Waals surface area contributed by atoms with Crippen molar-refractivity contribution in [1.82, 2.24) is 19.8 Å². The summed E-state index contributed by atoms with van der Waals surface area (Å²) in [5, 5.41) is 32.8. The van der Waals surface area contributed by atoms with E-state index in [1.165, 1.54) is 4.90 Å². The molecule has 10 heteroatoms. The average molecular weight is 437 g/mol. The predicted molar refractivity (Wildman–Crippen MR) is 110 cm³/mol. The van der Waals surface area contributed by atoms with E-state index in [4.69, 9.17) is 0 Å². The van der Waals surface area contributed by atoms with E-state index in [1.54, 1.807) is 24.9 Å². The van der Waals surface area contributed by atoms with Crippen LogP contribution in [0.25, 0.3) is 0 Å². The zero-order chi connectivity index (χ0) is 21.6. The fraction of sp³-hybridized carbons (Fsp3) is 0.650. The van der Waals surface area contributed by atoms with Crippen LogP contribution in [0.5, 0.6) is 0 Å². The summed E-state index contributed by atoms with van der Waals surface area (Å²) in [7, 11) is 0. The van der Waals surface area contributed by atoms with Crippen LogP contribution in [0.1, 0.15) is 32.5 Å². The number of aliphatic hydroxyl groups excluding tert-OH is 2. The molecule has 6 atom stereocenters. The van der Waals surface area contributed by atoms with Crippen molar-refractivity contribution in [2.75, 3.05) is 6.54 Å². The van der Waals surface area contributed by atoms with E-state index in [1.807, 2.05) is 17.7 Å². The largest absolute Gasteiger partial charge is 0.477 e. The molecule has 164 valence electrons. The summed E-state index contributed by atoms with van der Waals surface area (Å²) in [5.41, 5.74) is 0.0915. The van der Waals surface area contributed by atoms with Crippen molar-refractivity contribution in [2.24, 2.45) is 11.8 Å². The zero-order valence-electron chi connectivity index (χ0n) is 17.1. The highest BCUT2D eigenvalue weighted by Gasteiger charge is 2.60. The Bertz CT molecular complexity index is 869. The number of nitrogens with zero attached hydrogens (tertiary/aromatic N) is 3. The van der Waals surface area contributed by atoms with Gasteiger partial charge in [0.15, 0.2) is 0 Å². The maximum atomic E-state index is 12.5. The monoisotopic (exact) mass is 436 g/mol. The summed E-state index contributed by atoms with van der Waals surface area (Å²) in [4.78, 5) is 30.6. The van der Waals surface area contributed by atoms with Crippen LogP contribution < -0.4 is 5.32 Å². The predicted octanol–water partition coefficient (Wildman–Crippen LogP) is 0.383. The Labute approximate surface area is 179 Å². The average Bonchev–Trinajstić information content (AvgIpc) is 3.38. The Balaban J connectivity index is 1.40. The van der Waals surface area contributed by atoms with Crippen molar-refractivity contribution in [1.29, 1.82) is 0 Å². The van der Waals surface area contributed by atoms with E-state index in [-0.39, 0.29) is 35.4 Å². The molecule has 0 aromatic carbocycles. The number of aryl methyl sites for hydroxylation is 1. The van der Waals surface area contributed by atoms with Gasteiger partial charge in [0.05, 0.1) is 18.1 Å². The molecule has 3 aliphatic rings. The molecular formula is C20H28N4O5S. The Hall–Kier alpha value is -1.88. The minimum atomic E-state index is -1.08. The lowest BCUT2D eigenvalue weighted by Gasteiger charge is -2.46. The van der Waals surface area contributed by atoms with Crippen LogP contribution in [0.2, 0.25) is 0 Å². The lowest BCUT2D eigenvalue weighted by Crippen LogP contribution is -2.63. The molecule has 1 aromatic rings. The number of hydrogen-bond donors (Lipinski definition) is 4. The summed E-state index contributed by atoms with van der Waals surface area (Å²) in [5.74, 6) is -1.36. The van der Waals surface area contributed by atoms with Crippen molar-refractivity contribution in [2.45, 2.75) is 63.3 Å². The molecule has 0 spiro atoms. The number of aliphatic carboxylic acids is 1. The lowest BCUT2D eigenvalue weighted by molar-refractivity contribution is -0.163. The summed E-state index contributed by atoms with van der Waals surface area (Å²) in [6.45, 7) is 4.98. The molecule has 1 amide bonds. The maximum Gasteiger partial charge on any atom is 0.353 e. The molecule has 9 nitrogen and oxygen atoms in total. The number of fused-ring (bicyclic) bond motifs is 1. The van der Waals surface area contributed by atoms with Crippen LogP contribution in [0.4, 0.5) is 0 Å². The van der Waals surface area contributed by atoms with Crippen LogP contribution >= 0.6 is 11.8 Å². The van der Waals surface area contributed by atoms with E-state index in [0.717, 1.165) is 30.8 Å². The van der Waals surface area contributed by atoms with Gasteiger partial charge in [0.1, 0.15) is 18.1 Å². The van der Waals surface area contributed by atoms with Crippen molar-refractivity contribution in [3.63, 3.8) is 0 Å². The Morgan fingerprint density at radius 1 is 1.47 bits per heavy atom. The summed E-state index contributed by atoms with van der Waals surface area (Å²) >= 11 is 1.56. The number of amides is 1. The van der Waals surface area contributed by atoms with E-state index in [2.05, 4.69) is 10.3 Å². The standard InChI is InChI=1S/C20H28N4O5S/c1-10-16-15(11(2)26)19(27)24(16)17(20(28)29)18(10)30-13-7-12(22-8-13)3-5-23-6-4-21-14(23)9-25/h4,6,10-13,15-16,22,25-26H,3,5,7-9H2,1-2H3,(H,28,29)/t10-,11-,12+,13+,15-,16-/m1/s1. The fourth-order valence-electron chi connectivity index (χ4n) is 4.94. The normalized spacial score (nSPS) is 31.8. The van der Waals surface area contributed by atoms with E-state index in [9.17, 15) is 24.9 Å². The Kier molecular flexibility index (Phi) is 5.93. The number of aromatic nitrogens is 2. The van der Waals surface area contributed by atoms with E-state index in [0.29, 0.717) is 11.9 Å². The number of carboxylic acid groups (broad SMARTS) is 1. The summed E-state index contributed by atoms with van der Waals surface area (Å²) in [6.07, 6.45) is 4.54. The van der Waals surface area contributed by atoms with Gasteiger partial charge in [0.2, 0.25) is 5.91 Å². The molecule has 0 bridgehead atoms. The summed E-state index contributed by atoms with van der Waals surface area (Å²) in [6, 6.07) is 0.0281. The number of carbonyl (C=O) groups excluding carboxylic acids is 1. The third kappa shape index (κ3) is 3.55. The van der Waals surface area contributed by atoms with E-state index >= 15 is 0 Å². The Morgan fingerprint density at radius 2 is 2.23 bits per heavy atom. The number of hydrogen-bond acceptors (Lipinski definition) is 7. The zero-order valence-corrected chi connectivity index (χ0v) is 17.9. The van der Waals surface area contributed by atoms with Gasteiger partial charge in [-0.3, -0.25) is 4.79 Å². The second-order valence-corrected chi connectivity index (χ2v) is 9.68. The summed E-state index contributed by atoms with van der Waals surface area (Å²) < 4.78 is 1.94. The molecule has 30 heavy (non-hydrogen) atoms. The van der Waals surface area contributed by atoms with Crippen molar-refractivity contribution in [3.8, 4) is 0 Å². The van der Waals surface area contributed by atoms with Crippen LogP contribution in [-0.4, -0.2) is 71.6 Å². The molecule has 4 N–H and O–H groups in total. The molecule has 4 heterocycles. The number of thioether (sulfide) groups is 1. The van der Waals surface area contributed by atoms with E-state index < -0.39 is 18.0 Å². The first-order valence-corrected chi connectivity index (χ1v) is 11.2. The maximum absolute atomic E-state index is 12.5. The quantitative estimate of drug-likeness (QED) is 0.431. The number of imidazole rings is 1. The molecule has 2 saturated heterocycles. The molecule has 4 rings (SSSR count). The topological polar surface area (TPSA) is 128 Å². The molecule has 0 saturated carbocycles. The van der Waals surface area contributed by atoms with Gasteiger partial charge < -0.3 is 30.1 Å². The molecule has 3 aliphatic heterocycles. The number of aliphatic hydroxyl groups is 2. The molecule has 2 fully saturated rings. The van der Waals surface area contributed by atoms with Gasteiger partial charge >= 0.3 is 5.97 Å². The van der Waals surface area contributed by atoms with Crippen molar-refractivity contribution < 1.29 is 24.9 Å². The second-order valence-electron chi connectivity index (χ2n) is 8.34. The third-order valence-electron chi connectivity index (χ3n) is 6.45. The highest BCUT2D eigenvalue weighted by molar-refractivity contribution is 8.03. The molecule has 0 radical (unpaired) electrons. The van der Waals surface area contributed by atoms with Gasteiger partial charge in [-0.05, 0) is 19.8 Å². The number of nitrogens with one attached hydrogen (secondary N) is 1. The number of carboxylic acids is 1. The van der Waals surface area contributed by atoms with Gasteiger partial charge in [-0.2, -0.15) is 0 Å². The first kappa shape index (κ1) is 21.4. The number of carbonyl (C=O) groups is 2. The van der Waals surface area contributed by atoms with Gasteiger partial charge in [-0.1, -0.05) is 6.92 Å². The van der Waals surface area contributed by atoms with Gasteiger partial charge in [0.25, 0.3) is 0 Å². The first-order chi connectivity index (χ1) is 14.3. The molecule has 0 aliphatic carbocycles. The van der Waals surface area contributed by atoms with Crippen LogP contribution in [0.3, 0.4) is 0 Å². The number of β-lactam (4-membered cyclic amide) rings is 1. The molecular weight excluding hydrogens is 408 g/mol. The highest BCUT2D eigenvalue weighted by atomic mass is 32.2. The minimum Gasteiger partial charge on any atom is -0.477 e. The lowest BCUT2D eigenvalue weighted by atomic mass is 9.79. The van der Waals surface area contributed by atoms with Crippen molar-refractivity contribution in [3.05, 3.63) is 28.8 Å². The van der Waals surface area contributed by atoms with Crippen molar-refractivity contribution >= 4 is 23.6 Å². The minimum absolute atomic E-state index is 0.0859. The molecule has 1 aromatic heterocycles. The van der Waals surface area contributed by atoms with Crippen LogP contribution in [-0.2, 0) is 22.7 Å². The van der Waals surface area contributed by atoms with Crippen LogP contribution in [0.15, 0.2) is 23.0 Å². The first-order valence-electron chi connectivity index (χ1n) is 10.3. The fourth-order valence-corrected chi connectivity index (χ4v) is 6.46. The Morgan fingerprint density at radius 3 is 2.90 bits per heavy atom. The smallest absolute Gasteiger partial charge is 0.353 e. The molecule has 0 unspecified atom stereocenters. The van der Waals surface area contributed by atoms with Gasteiger partial charge in [-0.15, -0.1) is 11.8 Å². The van der Waals surface area contributed by atoms with Gasteiger partial charge in [0, 0.05) is 47.6 Å².